The van der Waals surface area contributed by atoms with Gasteiger partial charge in [-0.05, 0) is 35.1 Å². The summed E-state index contributed by atoms with van der Waals surface area (Å²) in [6.07, 6.45) is -8.33. The van der Waals surface area contributed by atoms with Crippen LogP contribution in [0.4, 0.5) is 22.0 Å². The second-order valence-electron chi connectivity index (χ2n) is 3.64. The van der Waals surface area contributed by atoms with E-state index in [1.807, 2.05) is 0 Å². The molecule has 0 aliphatic heterocycles. The van der Waals surface area contributed by atoms with Gasteiger partial charge >= 0.3 is 12.1 Å². The van der Waals surface area contributed by atoms with E-state index in [2.05, 4.69) is 9.72 Å². The summed E-state index contributed by atoms with van der Waals surface area (Å²) in [5.74, 6) is -0.929. The Hall–Kier alpha value is -1.00. The summed E-state index contributed by atoms with van der Waals surface area (Å²) in [7, 11) is 0. The Balaban J connectivity index is 3.38. The molecule has 0 radical (unpaired) electrons. The average Bonchev–Trinajstić information content (AvgIpc) is 2.29. The number of alkyl halides is 5. The molecule has 0 fully saturated rings. The van der Waals surface area contributed by atoms with Crippen LogP contribution in [0.1, 0.15) is 30.0 Å². The van der Waals surface area contributed by atoms with Gasteiger partial charge in [0.2, 0.25) is 0 Å². The molecule has 3 nitrogen and oxygen atoms in total. The normalized spacial score (nSPS) is 11.8. The van der Waals surface area contributed by atoms with Crippen molar-refractivity contribution < 1.29 is 31.5 Å². The summed E-state index contributed by atoms with van der Waals surface area (Å²) in [6.45, 7) is 1.47. The second kappa shape index (κ2) is 6.64. The first-order valence-electron chi connectivity index (χ1n) is 5.36. The molecule has 0 spiro atoms. The number of ether oxygens (including phenoxy) is 1. The number of carbonyl (C=O) groups is 1. The number of hydrogen-bond donors (Lipinski definition) is 0. The van der Waals surface area contributed by atoms with Crippen LogP contribution in [0.25, 0.3) is 0 Å². The van der Waals surface area contributed by atoms with Crippen molar-refractivity contribution in [2.24, 2.45) is 0 Å². The van der Waals surface area contributed by atoms with Crippen molar-refractivity contribution in [2.75, 3.05) is 6.61 Å². The molecule has 1 aromatic heterocycles. The predicted octanol–water partition coefficient (Wildman–Crippen LogP) is 3.75. The third-order valence-electron chi connectivity index (χ3n) is 2.29. The van der Waals surface area contributed by atoms with Gasteiger partial charge < -0.3 is 4.74 Å². The van der Waals surface area contributed by atoms with Crippen molar-refractivity contribution in [1.82, 2.24) is 4.98 Å². The lowest BCUT2D eigenvalue weighted by Gasteiger charge is -2.17. The zero-order valence-electron chi connectivity index (χ0n) is 10.1. The van der Waals surface area contributed by atoms with Crippen molar-refractivity contribution in [3.05, 3.63) is 26.6 Å². The van der Waals surface area contributed by atoms with E-state index >= 15 is 0 Å². The van der Waals surface area contributed by atoms with Gasteiger partial charge in [0.05, 0.1) is 24.2 Å². The third kappa shape index (κ3) is 4.00. The van der Waals surface area contributed by atoms with Gasteiger partial charge in [-0.15, -0.1) is 0 Å². The van der Waals surface area contributed by atoms with Crippen LogP contribution in [0.15, 0.2) is 6.20 Å². The lowest BCUT2D eigenvalue weighted by Crippen LogP contribution is -2.19. The molecule has 0 bridgehead atoms. The fourth-order valence-corrected chi connectivity index (χ4v) is 2.22. The first kappa shape index (κ1) is 17.1. The summed E-state index contributed by atoms with van der Waals surface area (Å²) in [5, 5.41) is 0. The molecule has 9 heteroatoms. The molecule has 1 aromatic rings. The van der Waals surface area contributed by atoms with Crippen LogP contribution in [0.3, 0.4) is 0 Å². The van der Waals surface area contributed by atoms with Crippen LogP contribution in [0.5, 0.6) is 0 Å². The largest absolute Gasteiger partial charge is 0.466 e. The maximum Gasteiger partial charge on any atom is 0.417 e. The molecule has 0 unspecified atom stereocenters. The third-order valence-corrected chi connectivity index (χ3v) is 3.15. The van der Waals surface area contributed by atoms with E-state index in [-0.39, 0.29) is 6.61 Å². The van der Waals surface area contributed by atoms with Gasteiger partial charge in [0.15, 0.2) is 0 Å². The summed E-state index contributed by atoms with van der Waals surface area (Å²) in [4.78, 5) is 14.7. The zero-order chi connectivity index (χ0) is 15.5. The van der Waals surface area contributed by atoms with E-state index < -0.39 is 45.4 Å². The summed E-state index contributed by atoms with van der Waals surface area (Å²) in [5.41, 5.74) is -3.34. The van der Waals surface area contributed by atoms with Crippen LogP contribution in [-0.2, 0) is 22.1 Å². The summed E-state index contributed by atoms with van der Waals surface area (Å²) < 4.78 is 68.6. The molecule has 112 valence electrons. The van der Waals surface area contributed by atoms with E-state index in [0.29, 0.717) is 0 Å². The van der Waals surface area contributed by atoms with Gasteiger partial charge in [-0.2, -0.15) is 13.2 Å². The number of hydrogen-bond acceptors (Lipinski definition) is 3. The highest BCUT2D eigenvalue weighted by atomic mass is 127. The van der Waals surface area contributed by atoms with Crippen molar-refractivity contribution in [1.29, 1.82) is 0 Å². The molecule has 0 aromatic carbocycles. The molecule has 0 aliphatic rings. The highest BCUT2D eigenvalue weighted by molar-refractivity contribution is 14.1. The first-order chi connectivity index (χ1) is 9.18. The second-order valence-corrected chi connectivity index (χ2v) is 4.66. The van der Waals surface area contributed by atoms with Crippen LogP contribution in [-0.4, -0.2) is 17.6 Å². The lowest BCUT2D eigenvalue weighted by molar-refractivity contribution is -0.144. The molecule has 20 heavy (non-hydrogen) atoms. The summed E-state index contributed by atoms with van der Waals surface area (Å²) >= 11 is 1.30. The van der Waals surface area contributed by atoms with Gasteiger partial charge in [0.1, 0.15) is 3.70 Å². The van der Waals surface area contributed by atoms with Crippen LogP contribution < -0.4 is 0 Å². The van der Waals surface area contributed by atoms with Gasteiger partial charge in [-0.25, -0.2) is 13.8 Å². The summed E-state index contributed by atoms with van der Waals surface area (Å²) in [6, 6.07) is 0. The number of esters is 1. The highest BCUT2D eigenvalue weighted by Crippen LogP contribution is 2.40. The number of nitrogens with zero attached hydrogens (tertiary/aromatic N) is 1. The van der Waals surface area contributed by atoms with Crippen molar-refractivity contribution in [3.8, 4) is 0 Å². The van der Waals surface area contributed by atoms with Crippen molar-refractivity contribution >= 4 is 28.6 Å². The minimum atomic E-state index is -5.00. The van der Waals surface area contributed by atoms with E-state index in [1.54, 1.807) is 0 Å². The number of rotatable bonds is 4. The quantitative estimate of drug-likeness (QED) is 0.329. The Bertz CT molecular complexity index is 504. The number of carbonyl (C=O) groups excluding carboxylic acids is 1. The maximum atomic E-state index is 13.0. The van der Waals surface area contributed by atoms with Crippen LogP contribution in [0.2, 0.25) is 0 Å². The average molecular weight is 409 g/mol. The molecule has 1 rings (SSSR count). The molecule has 0 amide bonds. The molecule has 0 N–H and O–H groups in total. The molecule has 0 atom stereocenters. The molecule has 0 saturated heterocycles. The highest BCUT2D eigenvalue weighted by Gasteiger charge is 2.40. The minimum Gasteiger partial charge on any atom is -0.466 e. The molecule has 0 saturated carbocycles. The number of pyridine rings is 1. The topological polar surface area (TPSA) is 39.2 Å². The van der Waals surface area contributed by atoms with Crippen LogP contribution >= 0.6 is 22.6 Å². The van der Waals surface area contributed by atoms with Gasteiger partial charge in [-0.3, -0.25) is 4.79 Å². The Morgan fingerprint density at radius 3 is 2.50 bits per heavy atom. The van der Waals surface area contributed by atoms with E-state index in [4.69, 9.17) is 0 Å². The Labute approximate surface area is 124 Å². The smallest absolute Gasteiger partial charge is 0.417 e. The van der Waals surface area contributed by atoms with Crippen molar-refractivity contribution in [3.63, 3.8) is 0 Å². The maximum absolute atomic E-state index is 13.0. The van der Waals surface area contributed by atoms with Crippen molar-refractivity contribution in [2.45, 2.75) is 25.9 Å². The standard InChI is InChI=1S/C11H9F5INO2/c1-2-20-6(19)3-5-4-18-10(17)7(9(12)13)8(5)11(14,15)16/h4,9H,2-3H2,1H3. The van der Waals surface area contributed by atoms with E-state index in [1.165, 1.54) is 29.5 Å². The Morgan fingerprint density at radius 1 is 1.45 bits per heavy atom. The van der Waals surface area contributed by atoms with Crippen LogP contribution in [0, 0.1) is 3.70 Å². The SMILES string of the molecule is CCOC(=O)Cc1cnc(I)c(C(F)F)c1C(F)(F)F. The van der Waals surface area contributed by atoms with E-state index in [0.717, 1.165) is 6.20 Å². The monoisotopic (exact) mass is 409 g/mol. The zero-order valence-corrected chi connectivity index (χ0v) is 12.3. The minimum absolute atomic E-state index is 0.0142. The van der Waals surface area contributed by atoms with E-state index in [9.17, 15) is 26.7 Å². The Morgan fingerprint density at radius 2 is 2.05 bits per heavy atom. The lowest BCUT2D eigenvalue weighted by atomic mass is 10.0. The first-order valence-corrected chi connectivity index (χ1v) is 6.44. The predicted molar refractivity (Wildman–Crippen MR) is 67.2 cm³/mol. The van der Waals surface area contributed by atoms with Gasteiger partial charge in [0.25, 0.3) is 6.43 Å². The fraction of sp³-hybridized carbons (Fsp3) is 0.455. The molecular weight excluding hydrogens is 400 g/mol. The molecular formula is C11H9F5INO2. The number of aromatic nitrogens is 1. The van der Waals surface area contributed by atoms with Gasteiger partial charge in [-0.1, -0.05) is 0 Å². The molecule has 0 aliphatic carbocycles. The fourth-order valence-electron chi connectivity index (χ4n) is 1.58. The number of halogens is 6. The van der Waals surface area contributed by atoms with Gasteiger partial charge in [0, 0.05) is 6.20 Å². The molecule has 1 heterocycles. The Kier molecular flexibility index (Phi) is 5.66.